The molecule has 3 atom stereocenters. The van der Waals surface area contributed by atoms with Gasteiger partial charge in [-0.25, -0.2) is 10.2 Å². The van der Waals surface area contributed by atoms with Crippen LogP contribution < -0.4 is 21.3 Å². The van der Waals surface area contributed by atoms with Crippen LogP contribution in [0.1, 0.15) is 27.2 Å². The number of ether oxygens (including phenoxy) is 1. The van der Waals surface area contributed by atoms with Gasteiger partial charge in [0.1, 0.15) is 11.5 Å². The van der Waals surface area contributed by atoms with Gasteiger partial charge >= 0.3 is 5.97 Å². The fourth-order valence-corrected chi connectivity index (χ4v) is 10.7. The molecular formula is C34H38N3O4P. The van der Waals surface area contributed by atoms with E-state index in [1.165, 1.54) is 7.11 Å². The molecule has 2 aliphatic rings. The van der Waals surface area contributed by atoms with E-state index in [0.717, 1.165) is 21.6 Å². The lowest BCUT2D eigenvalue weighted by atomic mass is 9.76. The topological polar surface area (TPSA) is 79.0 Å². The first-order valence-electron chi connectivity index (χ1n) is 14.3. The number of carbonyl (C=O) groups excluding carboxylic acids is 3. The summed E-state index contributed by atoms with van der Waals surface area (Å²) in [6.07, 6.45) is 2.01. The first-order valence-corrected chi connectivity index (χ1v) is 16.1. The fourth-order valence-electron chi connectivity index (χ4n) is 6.23. The molecule has 2 aliphatic heterocycles. The highest BCUT2D eigenvalue weighted by molar-refractivity contribution is 7.96. The predicted octanol–water partition coefficient (Wildman–Crippen LogP) is 3.45. The van der Waals surface area contributed by atoms with Gasteiger partial charge in [-0.2, -0.15) is 0 Å². The van der Waals surface area contributed by atoms with Gasteiger partial charge in [0.25, 0.3) is 0 Å². The highest BCUT2D eigenvalue weighted by Gasteiger charge is 2.55. The second kappa shape index (κ2) is 12.1. The summed E-state index contributed by atoms with van der Waals surface area (Å²) >= 11 is 0. The normalized spacial score (nSPS) is 20.3. The van der Waals surface area contributed by atoms with Crippen LogP contribution in [0.15, 0.2) is 103 Å². The third-order valence-corrected chi connectivity index (χ3v) is 12.6. The van der Waals surface area contributed by atoms with Crippen LogP contribution in [-0.2, 0) is 19.1 Å². The number of nitrogens with one attached hydrogen (secondary N) is 1. The van der Waals surface area contributed by atoms with E-state index < -0.39 is 30.9 Å². The maximum Gasteiger partial charge on any atom is 0.355 e. The van der Waals surface area contributed by atoms with Gasteiger partial charge in [-0.05, 0) is 34.8 Å². The van der Waals surface area contributed by atoms with Crippen molar-refractivity contribution < 1.29 is 19.1 Å². The number of nitrogens with zero attached hydrogens (tertiary/aromatic N) is 2. The molecule has 7 nitrogen and oxygen atoms in total. The van der Waals surface area contributed by atoms with Gasteiger partial charge in [0.2, 0.25) is 5.91 Å². The number of esters is 1. The molecule has 3 aromatic rings. The Morgan fingerprint density at radius 2 is 1.36 bits per heavy atom. The van der Waals surface area contributed by atoms with Gasteiger partial charge < -0.3 is 14.6 Å². The Hall–Kier alpha value is -3.93. The second-order valence-electron chi connectivity index (χ2n) is 11.2. The maximum absolute atomic E-state index is 14.2. The summed E-state index contributed by atoms with van der Waals surface area (Å²) in [5.74, 6) is -1.16. The number of carbonyl (C=O) groups is 3. The SMILES string of the molecule is COC(=O)C(N1C(=O)[C@H](C(C)C)[C@H]1CC(=O)C1C=C(C)N(C)N1)=P(c1ccccc1)(c1ccccc1)c1ccccc1. The van der Waals surface area contributed by atoms with Gasteiger partial charge in [0.05, 0.1) is 19.1 Å². The summed E-state index contributed by atoms with van der Waals surface area (Å²) in [5.41, 5.74) is 4.45. The summed E-state index contributed by atoms with van der Waals surface area (Å²) in [7, 11) is 3.23. The monoisotopic (exact) mass is 583 g/mol. The largest absolute Gasteiger partial charge is 0.464 e. The molecular weight excluding hydrogens is 545 g/mol. The van der Waals surface area contributed by atoms with Crippen molar-refractivity contribution in [3.05, 3.63) is 103 Å². The van der Waals surface area contributed by atoms with Crippen molar-refractivity contribution in [1.82, 2.24) is 15.3 Å². The summed E-state index contributed by atoms with van der Waals surface area (Å²) in [4.78, 5) is 43.7. The van der Waals surface area contributed by atoms with E-state index in [1.54, 1.807) is 4.90 Å². The smallest absolute Gasteiger partial charge is 0.355 e. The number of benzene rings is 3. The molecule has 1 saturated heterocycles. The number of allylic oxidation sites excluding steroid dienone is 1. The summed E-state index contributed by atoms with van der Waals surface area (Å²) < 4.78 is 5.51. The molecule has 1 unspecified atom stereocenters. The zero-order valence-electron chi connectivity index (χ0n) is 24.7. The van der Waals surface area contributed by atoms with Gasteiger partial charge in [-0.3, -0.25) is 9.59 Å². The highest BCUT2D eigenvalue weighted by atomic mass is 31.2. The van der Waals surface area contributed by atoms with Crippen LogP contribution in [0.2, 0.25) is 0 Å². The molecule has 1 amide bonds. The van der Waals surface area contributed by atoms with Crippen LogP contribution in [0.4, 0.5) is 0 Å². The van der Waals surface area contributed by atoms with E-state index in [9.17, 15) is 14.4 Å². The molecule has 42 heavy (non-hydrogen) atoms. The molecule has 8 heteroatoms. The minimum absolute atomic E-state index is 0.0140. The fraction of sp³-hybridized carbons (Fsp3) is 0.294. The molecule has 0 aromatic heterocycles. The lowest BCUT2D eigenvalue weighted by Crippen LogP contribution is -2.67. The number of hydrogen-bond donors (Lipinski definition) is 1. The molecule has 5 rings (SSSR count). The van der Waals surface area contributed by atoms with E-state index in [1.807, 2.05) is 130 Å². The second-order valence-corrected chi connectivity index (χ2v) is 14.5. The Balaban J connectivity index is 1.81. The Labute approximate surface area is 248 Å². The molecule has 3 aromatic carbocycles. The minimum atomic E-state index is -2.98. The molecule has 1 fully saturated rings. The summed E-state index contributed by atoms with van der Waals surface area (Å²) in [6.45, 7) is 2.95. The first kappa shape index (κ1) is 29.6. The molecule has 0 radical (unpaired) electrons. The number of β-lactam (4-membered cyclic amide) rings is 1. The van der Waals surface area contributed by atoms with Crippen LogP contribution in [0.3, 0.4) is 0 Å². The Morgan fingerprint density at radius 1 is 0.881 bits per heavy atom. The lowest BCUT2D eigenvalue weighted by Gasteiger charge is -2.51. The molecule has 0 spiro atoms. The van der Waals surface area contributed by atoms with Crippen LogP contribution >= 0.6 is 6.89 Å². The third kappa shape index (κ3) is 5.01. The van der Waals surface area contributed by atoms with Crippen LogP contribution in [-0.4, -0.2) is 59.2 Å². The van der Waals surface area contributed by atoms with Crippen molar-refractivity contribution in [1.29, 1.82) is 0 Å². The van der Waals surface area contributed by atoms with E-state index in [2.05, 4.69) is 5.43 Å². The number of methoxy groups -OCH3 is 1. The molecule has 218 valence electrons. The molecule has 0 aliphatic carbocycles. The minimum Gasteiger partial charge on any atom is -0.464 e. The maximum atomic E-state index is 14.2. The standard InChI is InChI=1S/C34H38N3O4P/c1-23(2)31-29(22-30(38)28-21-24(3)36(4)35-28)37(32(31)39)33(34(40)41-5)42(25-15-9-6-10-16-25,26-17-11-7-12-18-26)27-19-13-8-14-20-27/h6-21,23,28-29,31,35H,22H2,1-5H3/t28?,29-,31-/m1/s1. The predicted molar refractivity (Wildman–Crippen MR) is 169 cm³/mol. The number of Topliss-reactive ketones (excluding diaryl/α,β-unsaturated/α-hetero) is 1. The lowest BCUT2D eigenvalue weighted by molar-refractivity contribution is -0.155. The van der Waals surface area contributed by atoms with Crippen molar-refractivity contribution in [3.63, 3.8) is 0 Å². The van der Waals surface area contributed by atoms with Gasteiger partial charge in [0, 0.05) is 26.1 Å². The summed E-state index contributed by atoms with van der Waals surface area (Å²) in [6, 6.07) is 28.7. The number of hydrazine groups is 1. The van der Waals surface area contributed by atoms with Crippen LogP contribution in [0.25, 0.3) is 0 Å². The van der Waals surface area contributed by atoms with Crippen LogP contribution in [0, 0.1) is 11.8 Å². The molecule has 1 N–H and O–H groups in total. The molecule has 0 bridgehead atoms. The van der Waals surface area contributed by atoms with E-state index >= 15 is 0 Å². The van der Waals surface area contributed by atoms with Crippen molar-refractivity contribution in [2.45, 2.75) is 39.3 Å². The van der Waals surface area contributed by atoms with Gasteiger partial charge in [-0.15, -0.1) is 0 Å². The number of hydrogen-bond acceptors (Lipinski definition) is 6. The van der Waals surface area contributed by atoms with E-state index in [0.29, 0.717) is 5.42 Å². The number of amides is 1. The average molecular weight is 584 g/mol. The highest BCUT2D eigenvalue weighted by Crippen LogP contribution is 2.50. The number of rotatable bonds is 9. The van der Waals surface area contributed by atoms with E-state index in [-0.39, 0.29) is 24.0 Å². The van der Waals surface area contributed by atoms with Crippen LogP contribution in [0.5, 0.6) is 0 Å². The Morgan fingerprint density at radius 3 is 1.74 bits per heavy atom. The summed E-state index contributed by atoms with van der Waals surface area (Å²) in [5, 5.41) is 4.60. The molecule has 0 saturated carbocycles. The van der Waals surface area contributed by atoms with Gasteiger partial charge in [0.15, 0.2) is 5.78 Å². The molecule has 2 heterocycles. The third-order valence-electron chi connectivity index (χ3n) is 8.36. The number of likely N-dealkylation sites (tertiary alicyclic amines) is 1. The van der Waals surface area contributed by atoms with Crippen molar-refractivity contribution in [2.75, 3.05) is 14.2 Å². The van der Waals surface area contributed by atoms with Crippen molar-refractivity contribution in [3.8, 4) is 0 Å². The van der Waals surface area contributed by atoms with Gasteiger partial charge in [-0.1, -0.05) is 105 Å². The first-order chi connectivity index (χ1) is 20.2. The zero-order chi connectivity index (χ0) is 30.0. The number of ketones is 1. The van der Waals surface area contributed by atoms with Crippen molar-refractivity contribution in [2.24, 2.45) is 11.8 Å². The quantitative estimate of drug-likeness (QED) is 0.236. The Bertz CT molecular complexity index is 1450. The Kier molecular flexibility index (Phi) is 8.53. The van der Waals surface area contributed by atoms with E-state index in [4.69, 9.17) is 4.74 Å². The van der Waals surface area contributed by atoms with Crippen molar-refractivity contribution >= 4 is 45.9 Å². The average Bonchev–Trinajstić information content (AvgIpc) is 3.35. The zero-order valence-corrected chi connectivity index (χ0v) is 25.6.